The summed E-state index contributed by atoms with van der Waals surface area (Å²) in [4.78, 5) is 28.1. The smallest absolute Gasteiger partial charge is 0.325 e. The van der Waals surface area contributed by atoms with Gasteiger partial charge in [0.1, 0.15) is 6.54 Å². The van der Waals surface area contributed by atoms with Crippen LogP contribution < -0.4 is 5.32 Å². The number of rotatable bonds is 7. The zero-order valence-electron chi connectivity index (χ0n) is 16.0. The number of unbranched alkanes of at least 4 members (excludes halogenated alkanes) is 1. The van der Waals surface area contributed by atoms with E-state index >= 15 is 0 Å². The van der Waals surface area contributed by atoms with Crippen LogP contribution in [0.25, 0.3) is 0 Å². The highest BCUT2D eigenvalue weighted by Gasteiger charge is 2.61. The van der Waals surface area contributed by atoms with E-state index in [1.54, 1.807) is 4.90 Å². The van der Waals surface area contributed by atoms with Gasteiger partial charge >= 0.3 is 12.0 Å². The lowest BCUT2D eigenvalue weighted by molar-refractivity contribution is -0.144. The molecule has 26 heavy (non-hydrogen) atoms. The summed E-state index contributed by atoms with van der Waals surface area (Å²) in [5.74, 6) is -0.327. The molecule has 0 bridgehead atoms. The summed E-state index contributed by atoms with van der Waals surface area (Å²) >= 11 is 0. The number of hydrogen-bond acceptors (Lipinski definition) is 4. The molecule has 2 fully saturated rings. The molecule has 1 heterocycles. The summed E-state index contributed by atoms with van der Waals surface area (Å²) in [5.41, 5.74) is 0.926. The van der Waals surface area contributed by atoms with Gasteiger partial charge < -0.3 is 15.0 Å². The minimum Gasteiger partial charge on any atom is -0.464 e. The van der Waals surface area contributed by atoms with E-state index in [1.807, 2.05) is 13.0 Å². The van der Waals surface area contributed by atoms with E-state index < -0.39 is 0 Å². The fraction of sp³-hybridized carbons (Fsp3) is 0.600. The first-order chi connectivity index (χ1) is 12.4. The molecule has 1 aliphatic carbocycles. The van der Waals surface area contributed by atoms with Crippen molar-refractivity contribution >= 4 is 12.0 Å². The Hall–Kier alpha value is -2.08. The highest BCUT2D eigenvalue weighted by Crippen LogP contribution is 2.53. The van der Waals surface area contributed by atoms with E-state index in [4.69, 9.17) is 4.74 Å². The van der Waals surface area contributed by atoms with Gasteiger partial charge in [0.2, 0.25) is 0 Å². The third-order valence-corrected chi connectivity index (χ3v) is 5.66. The summed E-state index contributed by atoms with van der Waals surface area (Å²) in [7, 11) is 4.17. The van der Waals surface area contributed by atoms with Crippen molar-refractivity contribution in [2.24, 2.45) is 0 Å². The number of carbonyl (C=O) groups excluding carboxylic acids is 2. The second kappa shape index (κ2) is 7.27. The molecular formula is C20H29N3O3. The zero-order valence-corrected chi connectivity index (χ0v) is 16.0. The van der Waals surface area contributed by atoms with Gasteiger partial charge in [0.25, 0.3) is 0 Å². The van der Waals surface area contributed by atoms with Crippen molar-refractivity contribution in [2.75, 3.05) is 33.8 Å². The summed E-state index contributed by atoms with van der Waals surface area (Å²) in [6.07, 6.45) is 3.51. The molecule has 6 heteroatoms. The topological polar surface area (TPSA) is 61.9 Å². The molecule has 0 unspecified atom stereocenters. The van der Waals surface area contributed by atoms with Gasteiger partial charge in [0.05, 0.1) is 17.7 Å². The molecule has 0 aromatic heterocycles. The van der Waals surface area contributed by atoms with Crippen LogP contribution in [0.4, 0.5) is 4.79 Å². The SMILES string of the molecule is CCCCOC(=O)CN1CC2(CC(c3ccccc3)(N(C)C)C2)NC1=O. The quantitative estimate of drug-likeness (QED) is 0.600. The molecule has 1 aromatic rings. The number of amides is 2. The van der Waals surface area contributed by atoms with E-state index in [-0.39, 0.29) is 29.6 Å². The maximum Gasteiger partial charge on any atom is 0.325 e. The molecule has 3 rings (SSSR count). The van der Waals surface area contributed by atoms with Gasteiger partial charge in [-0.25, -0.2) is 4.79 Å². The molecule has 0 radical (unpaired) electrons. The van der Waals surface area contributed by atoms with Crippen LogP contribution in [-0.2, 0) is 15.1 Å². The second-order valence-corrected chi connectivity index (χ2v) is 7.79. The Morgan fingerprint density at radius 2 is 1.96 bits per heavy atom. The molecule has 2 aliphatic rings. The van der Waals surface area contributed by atoms with Crippen LogP contribution in [0.1, 0.15) is 38.2 Å². The van der Waals surface area contributed by atoms with Crippen molar-refractivity contribution in [3.63, 3.8) is 0 Å². The molecule has 2 amide bonds. The Balaban J connectivity index is 1.63. The van der Waals surface area contributed by atoms with E-state index in [0.717, 1.165) is 25.7 Å². The Bertz CT molecular complexity index is 654. The van der Waals surface area contributed by atoms with Crippen molar-refractivity contribution in [1.82, 2.24) is 15.1 Å². The van der Waals surface area contributed by atoms with Gasteiger partial charge in [0, 0.05) is 6.54 Å². The number of urea groups is 1. The normalized spacial score (nSPS) is 27.5. The lowest BCUT2D eigenvalue weighted by Crippen LogP contribution is -2.66. The van der Waals surface area contributed by atoms with Crippen molar-refractivity contribution in [1.29, 1.82) is 0 Å². The summed E-state index contributed by atoms with van der Waals surface area (Å²) in [6.45, 7) is 3.05. The minimum absolute atomic E-state index is 0.0254. The Labute approximate surface area is 155 Å². The monoisotopic (exact) mass is 359 g/mol. The van der Waals surface area contributed by atoms with Crippen LogP contribution in [-0.4, -0.2) is 61.1 Å². The number of benzene rings is 1. The molecule has 1 spiro atoms. The maximum atomic E-state index is 12.4. The molecule has 1 aliphatic heterocycles. The van der Waals surface area contributed by atoms with E-state index in [0.29, 0.717) is 13.2 Å². The van der Waals surface area contributed by atoms with Crippen molar-refractivity contribution in [3.8, 4) is 0 Å². The first-order valence-corrected chi connectivity index (χ1v) is 9.36. The van der Waals surface area contributed by atoms with E-state index in [1.165, 1.54) is 5.56 Å². The van der Waals surface area contributed by atoms with Gasteiger partial charge in [-0.1, -0.05) is 43.7 Å². The van der Waals surface area contributed by atoms with Crippen molar-refractivity contribution < 1.29 is 14.3 Å². The Kier molecular flexibility index (Phi) is 5.23. The largest absolute Gasteiger partial charge is 0.464 e. The third kappa shape index (κ3) is 3.43. The van der Waals surface area contributed by atoms with Gasteiger partial charge in [0.15, 0.2) is 0 Å². The predicted octanol–water partition coefficient (Wildman–Crippen LogP) is 2.34. The third-order valence-electron chi connectivity index (χ3n) is 5.66. The van der Waals surface area contributed by atoms with Crippen LogP contribution in [0.15, 0.2) is 30.3 Å². The molecule has 1 N–H and O–H groups in total. The zero-order chi connectivity index (χ0) is 18.8. The first-order valence-electron chi connectivity index (χ1n) is 9.36. The summed E-state index contributed by atoms with van der Waals surface area (Å²) in [5, 5.41) is 3.12. The summed E-state index contributed by atoms with van der Waals surface area (Å²) in [6, 6.07) is 10.2. The number of nitrogens with one attached hydrogen (secondary N) is 1. The average Bonchev–Trinajstić information content (AvgIpc) is 2.90. The molecule has 6 nitrogen and oxygen atoms in total. The molecule has 1 aromatic carbocycles. The highest BCUT2D eigenvalue weighted by atomic mass is 16.5. The lowest BCUT2D eigenvalue weighted by atomic mass is 9.59. The van der Waals surface area contributed by atoms with Crippen LogP contribution in [0.5, 0.6) is 0 Å². The van der Waals surface area contributed by atoms with Gasteiger partial charge in [-0.15, -0.1) is 0 Å². The van der Waals surface area contributed by atoms with Crippen LogP contribution in [0.3, 0.4) is 0 Å². The highest BCUT2D eigenvalue weighted by molar-refractivity contribution is 5.83. The van der Waals surface area contributed by atoms with Crippen molar-refractivity contribution in [2.45, 2.75) is 43.7 Å². The minimum atomic E-state index is -0.327. The standard InChI is InChI=1S/C20H29N3O3/c1-4-5-11-26-17(24)12-23-15-19(21-18(23)25)13-20(14-19,22(2)3)16-9-7-6-8-10-16/h6-10H,4-5,11-15H2,1-3H3,(H,21,25). The van der Waals surface area contributed by atoms with Crippen LogP contribution in [0, 0.1) is 0 Å². The number of nitrogens with zero attached hydrogens (tertiary/aromatic N) is 2. The first kappa shape index (κ1) is 18.7. The molecular weight excluding hydrogens is 330 g/mol. The Morgan fingerprint density at radius 1 is 1.27 bits per heavy atom. The van der Waals surface area contributed by atoms with Crippen LogP contribution in [0.2, 0.25) is 0 Å². The fourth-order valence-corrected chi connectivity index (χ4v) is 4.24. The van der Waals surface area contributed by atoms with Gasteiger partial charge in [-0.2, -0.15) is 0 Å². The van der Waals surface area contributed by atoms with E-state index in [9.17, 15) is 9.59 Å². The fourth-order valence-electron chi connectivity index (χ4n) is 4.24. The average molecular weight is 359 g/mol. The Morgan fingerprint density at radius 3 is 2.58 bits per heavy atom. The van der Waals surface area contributed by atoms with Crippen LogP contribution >= 0.6 is 0 Å². The molecule has 142 valence electrons. The number of esters is 1. The maximum absolute atomic E-state index is 12.4. The van der Waals surface area contributed by atoms with Gasteiger partial charge in [-0.3, -0.25) is 9.69 Å². The molecule has 0 atom stereocenters. The molecule has 1 saturated heterocycles. The number of carbonyl (C=O) groups is 2. The predicted molar refractivity (Wildman–Crippen MR) is 99.7 cm³/mol. The number of ether oxygens (including phenoxy) is 1. The lowest BCUT2D eigenvalue weighted by Gasteiger charge is -2.57. The second-order valence-electron chi connectivity index (χ2n) is 7.79. The summed E-state index contributed by atoms with van der Waals surface area (Å²) < 4.78 is 5.19. The number of hydrogen-bond donors (Lipinski definition) is 1. The van der Waals surface area contributed by atoms with Gasteiger partial charge in [-0.05, 0) is 38.9 Å². The van der Waals surface area contributed by atoms with Crippen molar-refractivity contribution in [3.05, 3.63) is 35.9 Å². The van der Waals surface area contributed by atoms with E-state index in [2.05, 4.69) is 48.6 Å². The molecule has 1 saturated carbocycles.